The average Bonchev–Trinajstić information content (AvgIpc) is 4.01. The molecule has 0 bridgehead atoms. The summed E-state index contributed by atoms with van der Waals surface area (Å²) in [6.07, 6.45) is 12.9. The quantitative estimate of drug-likeness (QED) is 0.0532. The minimum Gasteiger partial charge on any atom is -0.382 e. The first kappa shape index (κ1) is 84.8. The second-order valence-electron chi connectivity index (χ2n) is 20.1. The molecule has 0 aromatic rings. The van der Waals surface area contributed by atoms with Crippen molar-refractivity contribution in [1.82, 2.24) is 0 Å². The van der Waals surface area contributed by atoms with Gasteiger partial charge >= 0.3 is 0 Å². The largest absolute Gasteiger partial charge is 0.382 e. The zero-order valence-electron chi connectivity index (χ0n) is 55.0. The minimum absolute atomic E-state index is 0.0839. The van der Waals surface area contributed by atoms with E-state index in [-0.39, 0.29) is 12.2 Å². The van der Waals surface area contributed by atoms with E-state index in [2.05, 4.69) is 20.4 Å². The van der Waals surface area contributed by atoms with Gasteiger partial charge in [-0.1, -0.05) is 58.4 Å². The van der Waals surface area contributed by atoms with Crippen LogP contribution in [0.5, 0.6) is 0 Å². The second kappa shape index (κ2) is 73.2. The maximum Gasteiger partial charge on any atom is 0.169 e. The minimum atomic E-state index is -0.476. The van der Waals surface area contributed by atoms with Crippen LogP contribution in [0.1, 0.15) is 78.1 Å². The van der Waals surface area contributed by atoms with Crippen LogP contribution in [0.3, 0.4) is 0 Å². The third kappa shape index (κ3) is 63.5. The molecule has 25 nitrogen and oxygen atoms in total. The van der Waals surface area contributed by atoms with E-state index in [1.807, 2.05) is 0 Å². The number of unbranched alkanes of at least 4 members (excludes halogenated alkanes) is 6. The van der Waals surface area contributed by atoms with E-state index in [4.69, 9.17) is 118 Å². The zero-order valence-corrected chi connectivity index (χ0v) is 55.0. The molecule has 1 fully saturated rings. The van der Waals surface area contributed by atoms with Crippen molar-refractivity contribution in [2.75, 3.05) is 304 Å². The molecule has 2 atom stereocenters. The summed E-state index contributed by atoms with van der Waals surface area (Å²) in [5, 5.41) is 0. The van der Waals surface area contributed by atoms with Gasteiger partial charge in [0.1, 0.15) is 12.2 Å². The lowest BCUT2D eigenvalue weighted by molar-refractivity contribution is -0.185. The molecule has 0 saturated carbocycles. The van der Waals surface area contributed by atoms with E-state index in [1.165, 1.54) is 38.5 Å². The predicted octanol–water partition coefficient (Wildman–Crippen LogP) is 5.61. The highest BCUT2D eigenvalue weighted by Crippen LogP contribution is 2.34. The van der Waals surface area contributed by atoms with Crippen molar-refractivity contribution in [2.45, 2.75) is 96.1 Å². The number of rotatable bonds is 79. The van der Waals surface area contributed by atoms with Gasteiger partial charge in [0.05, 0.1) is 297 Å². The molecular formula is C63H124O25. The molecule has 1 rings (SSSR count). The van der Waals surface area contributed by atoms with Gasteiger partial charge in [0.25, 0.3) is 0 Å². The lowest BCUT2D eigenvalue weighted by Crippen LogP contribution is -2.33. The normalized spacial score (nSPS) is 14.5. The van der Waals surface area contributed by atoms with Gasteiger partial charge in [-0.3, -0.25) is 0 Å². The molecule has 1 aliphatic heterocycles. The Morgan fingerprint density at radius 2 is 0.602 bits per heavy atom. The van der Waals surface area contributed by atoms with Gasteiger partial charge in [-0.25, -0.2) is 0 Å². The lowest BCUT2D eigenvalue weighted by Gasteiger charge is -2.28. The van der Waals surface area contributed by atoms with Crippen LogP contribution in [-0.4, -0.2) is 322 Å². The summed E-state index contributed by atoms with van der Waals surface area (Å²) in [5.41, 5.74) is 0. The van der Waals surface area contributed by atoms with Gasteiger partial charge in [-0.05, 0) is 12.8 Å². The van der Waals surface area contributed by atoms with Crippen molar-refractivity contribution in [3.63, 3.8) is 0 Å². The molecule has 0 aliphatic carbocycles. The molecule has 2 unspecified atom stereocenters. The first-order valence-electron chi connectivity index (χ1n) is 32.8. The predicted molar refractivity (Wildman–Crippen MR) is 330 cm³/mol. The van der Waals surface area contributed by atoms with Crippen molar-refractivity contribution < 1.29 is 118 Å². The summed E-state index contributed by atoms with van der Waals surface area (Å²) in [6.45, 7) is 30.2. The summed E-state index contributed by atoms with van der Waals surface area (Å²) in [5.74, 6) is -0.476. The highest BCUT2D eigenvalue weighted by molar-refractivity contribution is 4.80. The molecule has 88 heavy (non-hydrogen) atoms. The fourth-order valence-corrected chi connectivity index (χ4v) is 7.96. The van der Waals surface area contributed by atoms with Crippen LogP contribution in [0.4, 0.5) is 0 Å². The number of hydrogen-bond acceptors (Lipinski definition) is 25. The Bertz CT molecular complexity index is 1310. The molecular weight excluding hydrogens is 1160 g/mol. The van der Waals surface area contributed by atoms with Crippen LogP contribution in [0, 0.1) is 0 Å². The molecule has 0 radical (unpaired) electrons. The summed E-state index contributed by atoms with van der Waals surface area (Å²) < 4.78 is 141. The molecule has 1 heterocycles. The monoisotopic (exact) mass is 1280 g/mol. The molecule has 0 amide bonds. The highest BCUT2D eigenvalue weighted by atomic mass is 16.8. The molecule has 0 spiro atoms. The fraction of sp³-hybridized carbons (Fsp3) is 0.968. The first-order chi connectivity index (χ1) is 43.7. The van der Waals surface area contributed by atoms with E-state index in [9.17, 15) is 0 Å². The standard InChI is InChI=1S/C63H124O25/c1-5-8-10-12-14-63(15-13-11-9-6-2)87-60-62(88-63)59-85-58-61(57-84-16-7-3)86-56-55-83-54-53-82-52-51-81-50-49-80-48-47-79-46-45-78-44-43-77-42-41-76-40-39-75-38-37-74-36-35-73-34-33-72-32-31-71-30-29-70-28-27-69-26-25-68-24-23-67-22-21-66-20-19-65-18-17-64-4/h7,61-62H,3,5-6,8-60H2,1-2,4H3. The maximum absolute atomic E-state index is 6.54. The Morgan fingerprint density at radius 3 is 0.864 bits per heavy atom. The fourth-order valence-electron chi connectivity index (χ4n) is 7.96. The summed E-state index contributed by atoms with van der Waals surface area (Å²) in [6, 6.07) is 0. The third-order valence-corrected chi connectivity index (χ3v) is 12.6. The van der Waals surface area contributed by atoms with E-state index >= 15 is 0 Å². The van der Waals surface area contributed by atoms with Gasteiger partial charge in [-0.15, -0.1) is 6.58 Å². The number of hydrogen-bond donors (Lipinski definition) is 0. The van der Waals surface area contributed by atoms with Gasteiger partial charge < -0.3 is 118 Å². The van der Waals surface area contributed by atoms with E-state index < -0.39 is 5.79 Å². The van der Waals surface area contributed by atoms with Gasteiger partial charge in [0.2, 0.25) is 0 Å². The van der Waals surface area contributed by atoms with Crippen molar-refractivity contribution in [3.05, 3.63) is 12.7 Å². The van der Waals surface area contributed by atoms with Crippen LogP contribution < -0.4 is 0 Å². The van der Waals surface area contributed by atoms with Crippen LogP contribution in [0.15, 0.2) is 12.7 Å². The summed E-state index contributed by atoms with van der Waals surface area (Å²) in [4.78, 5) is 0. The zero-order chi connectivity index (χ0) is 62.9. The molecule has 1 aliphatic rings. The smallest absolute Gasteiger partial charge is 0.169 e. The average molecular weight is 1280 g/mol. The molecule has 0 aromatic heterocycles. The molecule has 25 heteroatoms. The Morgan fingerprint density at radius 1 is 0.341 bits per heavy atom. The van der Waals surface area contributed by atoms with Crippen LogP contribution in [0.2, 0.25) is 0 Å². The van der Waals surface area contributed by atoms with E-state index in [0.717, 1.165) is 25.7 Å². The summed E-state index contributed by atoms with van der Waals surface area (Å²) in [7, 11) is 1.64. The topological polar surface area (TPSA) is 231 Å². The van der Waals surface area contributed by atoms with Crippen LogP contribution in [0.25, 0.3) is 0 Å². The maximum atomic E-state index is 6.54. The Kier molecular flexibility index (Phi) is 70.5. The van der Waals surface area contributed by atoms with Crippen LogP contribution >= 0.6 is 0 Å². The Balaban J connectivity index is 1.74. The van der Waals surface area contributed by atoms with Crippen molar-refractivity contribution in [1.29, 1.82) is 0 Å². The first-order valence-corrected chi connectivity index (χ1v) is 32.8. The van der Waals surface area contributed by atoms with E-state index in [0.29, 0.717) is 297 Å². The molecule has 1 saturated heterocycles. The van der Waals surface area contributed by atoms with Crippen molar-refractivity contribution in [2.24, 2.45) is 0 Å². The third-order valence-electron chi connectivity index (χ3n) is 12.6. The molecule has 526 valence electrons. The molecule has 0 N–H and O–H groups in total. The number of ether oxygens (including phenoxy) is 25. The van der Waals surface area contributed by atoms with Crippen molar-refractivity contribution >= 4 is 0 Å². The highest BCUT2D eigenvalue weighted by Gasteiger charge is 2.40. The lowest BCUT2D eigenvalue weighted by atomic mass is 10.00. The molecule has 0 aromatic carbocycles. The van der Waals surface area contributed by atoms with Gasteiger partial charge in [0, 0.05) is 20.0 Å². The SMILES string of the molecule is C=CCOCC(COCC1COC(CCCCCC)(CCCCCC)O1)OCCOCCOCCOCCOCCOCCOCCOCCOCCOCCOCCOCCOCCOCCOCCOCCOCCOCCOCCOCCOC. The summed E-state index contributed by atoms with van der Waals surface area (Å²) >= 11 is 0. The van der Waals surface area contributed by atoms with E-state index in [1.54, 1.807) is 13.2 Å². The van der Waals surface area contributed by atoms with Crippen LogP contribution in [-0.2, 0) is 118 Å². The van der Waals surface area contributed by atoms with Gasteiger partial charge in [-0.2, -0.15) is 0 Å². The Hall–Kier alpha value is -1.26. The number of methoxy groups -OCH3 is 1. The van der Waals surface area contributed by atoms with Gasteiger partial charge in [0.15, 0.2) is 5.79 Å². The second-order valence-corrected chi connectivity index (χ2v) is 20.1. The van der Waals surface area contributed by atoms with Crippen molar-refractivity contribution in [3.8, 4) is 0 Å². The Labute approximate surface area is 530 Å².